The summed E-state index contributed by atoms with van der Waals surface area (Å²) in [5.74, 6) is -1.21. The number of carbonyl (C=O) groups is 1. The summed E-state index contributed by atoms with van der Waals surface area (Å²) >= 11 is 0. The van der Waals surface area contributed by atoms with Crippen molar-refractivity contribution in [2.75, 3.05) is 5.32 Å². The quantitative estimate of drug-likeness (QED) is 0.619. The first kappa shape index (κ1) is 20.9. The lowest BCUT2D eigenvalue weighted by Crippen LogP contribution is -2.21. The van der Waals surface area contributed by atoms with Gasteiger partial charge in [0.1, 0.15) is 5.82 Å². The average Bonchev–Trinajstić information content (AvgIpc) is 3.16. The van der Waals surface area contributed by atoms with Crippen LogP contribution in [0, 0.1) is 0 Å². The maximum absolute atomic E-state index is 10.6. The average molecular weight is 393 g/mol. The number of rotatable bonds is 4. The maximum Gasteiger partial charge on any atom is 0.490 e. The Morgan fingerprint density at radius 3 is 2.39 bits per heavy atom. The fourth-order valence-corrected chi connectivity index (χ4v) is 2.12. The van der Waals surface area contributed by atoms with E-state index in [-0.39, 0.29) is 0 Å². The first-order chi connectivity index (χ1) is 13.2. The lowest BCUT2D eigenvalue weighted by molar-refractivity contribution is -0.192. The number of aromatic amines is 1. The van der Waals surface area contributed by atoms with Crippen LogP contribution in [-0.2, 0) is 4.79 Å². The normalized spacial score (nSPS) is 10.9. The number of aliphatic carboxylic acids is 1. The number of anilines is 1. The summed E-state index contributed by atoms with van der Waals surface area (Å²) in [4.78, 5) is 17.8. The molecule has 0 aliphatic heterocycles. The smallest absolute Gasteiger partial charge is 0.475 e. The second-order valence-corrected chi connectivity index (χ2v) is 5.92. The predicted octanol–water partition coefficient (Wildman–Crippen LogP) is 3.99. The molecule has 0 fully saturated rings. The number of carboxylic acid groups (broad SMARTS) is 1. The third-order valence-corrected chi connectivity index (χ3v) is 3.27. The zero-order valence-electron chi connectivity index (χ0n) is 15.0. The van der Waals surface area contributed by atoms with E-state index in [1.165, 1.54) is 0 Å². The van der Waals surface area contributed by atoms with Crippen molar-refractivity contribution in [2.45, 2.75) is 26.1 Å². The van der Waals surface area contributed by atoms with Crippen LogP contribution in [0.5, 0.6) is 0 Å². The molecule has 2 aromatic heterocycles. The molecule has 2 heterocycles. The summed E-state index contributed by atoms with van der Waals surface area (Å²) in [6.45, 7) is 4.17. The second-order valence-electron chi connectivity index (χ2n) is 5.92. The van der Waals surface area contributed by atoms with Gasteiger partial charge < -0.3 is 10.4 Å². The minimum absolute atomic E-state index is 0.337. The number of alkyl halides is 3. The van der Waals surface area contributed by atoms with E-state index in [4.69, 9.17) is 9.90 Å². The molecule has 0 bridgehead atoms. The van der Waals surface area contributed by atoms with Crippen LogP contribution in [0.25, 0.3) is 22.6 Å². The number of H-pyrrole nitrogens is 1. The first-order valence-corrected chi connectivity index (χ1v) is 8.16. The largest absolute Gasteiger partial charge is 0.490 e. The van der Waals surface area contributed by atoms with Crippen molar-refractivity contribution < 1.29 is 23.1 Å². The minimum atomic E-state index is -5.08. The molecule has 0 saturated carbocycles. The molecule has 0 spiro atoms. The third kappa shape index (κ3) is 6.08. The van der Waals surface area contributed by atoms with E-state index in [0.29, 0.717) is 11.9 Å². The maximum atomic E-state index is 10.6. The van der Waals surface area contributed by atoms with Crippen LogP contribution in [0.2, 0.25) is 0 Å². The minimum Gasteiger partial charge on any atom is -0.475 e. The van der Waals surface area contributed by atoms with Crippen molar-refractivity contribution in [3.05, 3.63) is 48.8 Å². The highest BCUT2D eigenvalue weighted by Gasteiger charge is 2.38. The third-order valence-electron chi connectivity index (χ3n) is 3.27. The number of halogens is 3. The molecule has 0 atom stereocenters. The number of aromatic nitrogens is 4. The Morgan fingerprint density at radius 1 is 1.14 bits per heavy atom. The van der Waals surface area contributed by atoms with Crippen LogP contribution < -0.4 is 5.32 Å². The van der Waals surface area contributed by atoms with Gasteiger partial charge in [0.25, 0.3) is 0 Å². The van der Waals surface area contributed by atoms with Crippen LogP contribution in [0.4, 0.5) is 19.0 Å². The fourth-order valence-electron chi connectivity index (χ4n) is 2.12. The van der Waals surface area contributed by atoms with Gasteiger partial charge in [-0.15, -0.1) is 0 Å². The molecule has 0 saturated heterocycles. The van der Waals surface area contributed by atoms with Gasteiger partial charge in [0.2, 0.25) is 0 Å². The predicted molar refractivity (Wildman–Crippen MR) is 97.5 cm³/mol. The molecule has 3 rings (SSSR count). The lowest BCUT2D eigenvalue weighted by Gasteiger charge is -2.10. The van der Waals surface area contributed by atoms with E-state index in [9.17, 15) is 13.2 Å². The Hall–Kier alpha value is -3.43. The molecule has 28 heavy (non-hydrogen) atoms. The molecule has 3 aromatic rings. The molecular weight excluding hydrogens is 375 g/mol. The van der Waals surface area contributed by atoms with E-state index in [2.05, 4.69) is 45.4 Å². The van der Waals surface area contributed by atoms with Gasteiger partial charge in [-0.1, -0.05) is 18.2 Å². The van der Waals surface area contributed by atoms with Crippen LogP contribution >= 0.6 is 0 Å². The standard InChI is InChI=1S/C16H17N5.C2HF3O2/c1-11(2)19-15-7-8-17-16(20-15)13-5-3-4-12(10-13)14-6-9-18-21-14;3-2(4,5)1(6)7/h3-11H,1-2H3,(H,18,21)(H,17,19,20);(H,6,7). The molecular formula is C18H18F3N5O2. The summed E-state index contributed by atoms with van der Waals surface area (Å²) in [6.07, 6.45) is -1.57. The summed E-state index contributed by atoms with van der Waals surface area (Å²) in [7, 11) is 0. The highest BCUT2D eigenvalue weighted by molar-refractivity contribution is 5.73. The molecule has 1 aromatic carbocycles. The van der Waals surface area contributed by atoms with Gasteiger partial charge in [-0.25, -0.2) is 14.8 Å². The van der Waals surface area contributed by atoms with Gasteiger partial charge in [0.15, 0.2) is 5.82 Å². The highest BCUT2D eigenvalue weighted by Crippen LogP contribution is 2.23. The van der Waals surface area contributed by atoms with Crippen LogP contribution in [0.15, 0.2) is 48.8 Å². The number of nitrogens with one attached hydrogen (secondary N) is 2. The van der Waals surface area contributed by atoms with Gasteiger partial charge in [-0.2, -0.15) is 18.3 Å². The molecule has 7 nitrogen and oxygen atoms in total. The van der Waals surface area contributed by atoms with Crippen LogP contribution in [0.1, 0.15) is 13.8 Å². The molecule has 0 aliphatic carbocycles. The molecule has 0 aliphatic rings. The van der Waals surface area contributed by atoms with Gasteiger partial charge in [0.05, 0.1) is 5.69 Å². The summed E-state index contributed by atoms with van der Waals surface area (Å²) < 4.78 is 31.7. The van der Waals surface area contributed by atoms with E-state index in [0.717, 1.165) is 22.6 Å². The van der Waals surface area contributed by atoms with E-state index in [1.807, 2.05) is 30.3 Å². The Morgan fingerprint density at radius 2 is 1.82 bits per heavy atom. The molecule has 10 heteroatoms. The molecule has 3 N–H and O–H groups in total. The SMILES string of the molecule is CC(C)Nc1ccnc(-c2cccc(-c3ccn[nH]3)c2)n1.O=C(O)C(F)(F)F. The van der Waals surface area contributed by atoms with E-state index in [1.54, 1.807) is 12.4 Å². The Bertz CT molecular complexity index is 912. The molecule has 0 radical (unpaired) electrons. The molecule has 0 amide bonds. The Balaban J connectivity index is 0.000000345. The van der Waals surface area contributed by atoms with E-state index < -0.39 is 12.1 Å². The zero-order chi connectivity index (χ0) is 20.7. The highest BCUT2D eigenvalue weighted by atomic mass is 19.4. The van der Waals surface area contributed by atoms with Crippen LogP contribution in [-0.4, -0.2) is 43.5 Å². The Kier molecular flexibility index (Phi) is 6.69. The van der Waals surface area contributed by atoms with Crippen molar-refractivity contribution in [1.29, 1.82) is 0 Å². The molecule has 0 unspecified atom stereocenters. The van der Waals surface area contributed by atoms with Crippen molar-refractivity contribution in [1.82, 2.24) is 20.2 Å². The second kappa shape index (κ2) is 8.98. The number of nitrogens with zero attached hydrogens (tertiary/aromatic N) is 3. The lowest BCUT2D eigenvalue weighted by atomic mass is 10.1. The number of carboxylic acids is 1. The van der Waals surface area contributed by atoms with Gasteiger partial charge in [0, 0.05) is 29.6 Å². The van der Waals surface area contributed by atoms with Gasteiger partial charge in [-0.05, 0) is 32.0 Å². The van der Waals surface area contributed by atoms with Crippen molar-refractivity contribution in [2.24, 2.45) is 0 Å². The van der Waals surface area contributed by atoms with E-state index >= 15 is 0 Å². The van der Waals surface area contributed by atoms with Crippen LogP contribution in [0.3, 0.4) is 0 Å². The topological polar surface area (TPSA) is 104 Å². The fraction of sp³-hybridized carbons (Fsp3) is 0.222. The monoisotopic (exact) mass is 393 g/mol. The summed E-state index contributed by atoms with van der Waals surface area (Å²) in [6, 6.07) is 12.3. The molecule has 148 valence electrons. The van der Waals surface area contributed by atoms with Gasteiger partial charge in [-0.3, -0.25) is 5.10 Å². The summed E-state index contributed by atoms with van der Waals surface area (Å²) in [5.41, 5.74) is 3.03. The van der Waals surface area contributed by atoms with Gasteiger partial charge >= 0.3 is 12.1 Å². The zero-order valence-corrected chi connectivity index (χ0v) is 15.0. The van der Waals surface area contributed by atoms with Crippen molar-refractivity contribution in [3.8, 4) is 22.6 Å². The Labute approximate surface area is 158 Å². The summed E-state index contributed by atoms with van der Waals surface area (Å²) in [5, 5.41) is 17.4. The number of benzene rings is 1. The van der Waals surface area contributed by atoms with Crippen molar-refractivity contribution >= 4 is 11.8 Å². The number of hydrogen-bond donors (Lipinski definition) is 3. The number of hydrogen-bond acceptors (Lipinski definition) is 5. The first-order valence-electron chi connectivity index (χ1n) is 8.16. The van der Waals surface area contributed by atoms with Crippen molar-refractivity contribution in [3.63, 3.8) is 0 Å².